The molecule has 406 valence electrons. The summed E-state index contributed by atoms with van der Waals surface area (Å²) >= 11 is 0. The second kappa shape index (κ2) is 58.7. The Morgan fingerprint density at radius 3 is 0.809 bits per heavy atom. The van der Waals surface area contributed by atoms with E-state index in [1.807, 2.05) is 0 Å². The standard InChI is InChI=1S/C63H125NO4/c1-3-5-7-9-11-13-15-17-19-21-23-25-27-29-30-31-32-33-34-36-38-40-42-44-46-48-50-52-54-56-58-62(67)63(68)64-60(59-65)61(66)57-55-53-51-49-47-45-43-41-39-37-35-28-26-24-22-20-18-16-14-12-10-8-6-4-2/h29-30,60-62,65-67H,3-28,31-59H2,1-2H3,(H,64,68)/b30-29-. The molecule has 0 rings (SSSR count). The number of hydrogen-bond acceptors (Lipinski definition) is 4. The van der Waals surface area contributed by atoms with Gasteiger partial charge in [0.15, 0.2) is 0 Å². The van der Waals surface area contributed by atoms with E-state index < -0.39 is 24.2 Å². The first kappa shape index (κ1) is 67.1. The molecule has 0 bridgehead atoms. The third-order valence-electron chi connectivity index (χ3n) is 15.1. The minimum Gasteiger partial charge on any atom is -0.394 e. The van der Waals surface area contributed by atoms with Gasteiger partial charge in [0, 0.05) is 0 Å². The molecular formula is C63H125NO4. The van der Waals surface area contributed by atoms with Crippen LogP contribution in [0.1, 0.15) is 361 Å². The molecule has 4 N–H and O–H groups in total. The van der Waals surface area contributed by atoms with Gasteiger partial charge in [-0.1, -0.05) is 334 Å². The summed E-state index contributed by atoms with van der Waals surface area (Å²) in [5.74, 6) is -0.463. The third-order valence-corrected chi connectivity index (χ3v) is 15.1. The fourth-order valence-electron chi connectivity index (χ4n) is 10.3. The summed E-state index contributed by atoms with van der Waals surface area (Å²) in [6.45, 7) is 4.28. The van der Waals surface area contributed by atoms with Crippen LogP contribution >= 0.6 is 0 Å². The average molecular weight is 961 g/mol. The SMILES string of the molecule is CCCCCCCCCCCCCC/C=C\CCCCCCCCCCCCCCCCC(O)C(=O)NC(CO)C(O)CCCCCCCCCCCCCCCCCCCCCCCCCC. The molecule has 0 saturated carbocycles. The van der Waals surface area contributed by atoms with Gasteiger partial charge in [-0.25, -0.2) is 0 Å². The van der Waals surface area contributed by atoms with Gasteiger partial charge in [-0.3, -0.25) is 4.79 Å². The second-order valence-electron chi connectivity index (χ2n) is 22.0. The summed E-state index contributed by atoms with van der Waals surface area (Å²) in [4.78, 5) is 12.6. The molecule has 0 fully saturated rings. The lowest BCUT2D eigenvalue weighted by molar-refractivity contribution is -0.131. The second-order valence-corrected chi connectivity index (χ2v) is 22.0. The van der Waals surface area contributed by atoms with E-state index in [1.54, 1.807) is 0 Å². The Kier molecular flexibility index (Phi) is 57.9. The molecule has 5 heteroatoms. The van der Waals surface area contributed by atoms with E-state index in [0.29, 0.717) is 12.8 Å². The van der Waals surface area contributed by atoms with E-state index in [9.17, 15) is 20.1 Å². The first-order chi connectivity index (χ1) is 33.6. The zero-order valence-corrected chi connectivity index (χ0v) is 46.5. The summed E-state index contributed by atoms with van der Waals surface area (Å²) < 4.78 is 0. The molecule has 3 unspecified atom stereocenters. The zero-order valence-electron chi connectivity index (χ0n) is 46.5. The molecule has 0 aliphatic heterocycles. The molecule has 3 atom stereocenters. The van der Waals surface area contributed by atoms with Crippen LogP contribution in [-0.4, -0.2) is 46.1 Å². The average Bonchev–Trinajstić information content (AvgIpc) is 3.34. The van der Waals surface area contributed by atoms with E-state index in [-0.39, 0.29) is 6.61 Å². The largest absolute Gasteiger partial charge is 0.394 e. The lowest BCUT2D eigenvalue weighted by Crippen LogP contribution is -2.49. The predicted molar refractivity (Wildman–Crippen MR) is 301 cm³/mol. The van der Waals surface area contributed by atoms with Crippen LogP contribution in [0.2, 0.25) is 0 Å². The summed E-state index contributed by atoms with van der Waals surface area (Å²) in [6.07, 6.45) is 74.3. The van der Waals surface area contributed by atoms with Crippen LogP contribution in [0.25, 0.3) is 0 Å². The van der Waals surface area contributed by atoms with Crippen LogP contribution in [0.15, 0.2) is 12.2 Å². The Labute approximate surface area is 427 Å². The number of nitrogens with one attached hydrogen (secondary N) is 1. The number of allylic oxidation sites excluding steroid dienone is 2. The molecule has 0 aliphatic rings. The van der Waals surface area contributed by atoms with E-state index in [1.165, 1.54) is 302 Å². The third kappa shape index (κ3) is 52.9. The maximum absolute atomic E-state index is 12.6. The van der Waals surface area contributed by atoms with E-state index in [4.69, 9.17) is 0 Å². The predicted octanol–water partition coefficient (Wildman–Crippen LogP) is 19.8. The highest BCUT2D eigenvalue weighted by Gasteiger charge is 2.23. The van der Waals surface area contributed by atoms with Crippen LogP contribution in [0.5, 0.6) is 0 Å². The van der Waals surface area contributed by atoms with Crippen molar-refractivity contribution in [2.45, 2.75) is 379 Å². The quantitative estimate of drug-likeness (QED) is 0.0361. The zero-order chi connectivity index (χ0) is 49.3. The van der Waals surface area contributed by atoms with Crippen molar-refractivity contribution in [3.63, 3.8) is 0 Å². The molecule has 0 radical (unpaired) electrons. The van der Waals surface area contributed by atoms with Gasteiger partial charge in [0.1, 0.15) is 6.10 Å². The van der Waals surface area contributed by atoms with Crippen molar-refractivity contribution in [1.82, 2.24) is 5.32 Å². The molecule has 5 nitrogen and oxygen atoms in total. The molecule has 68 heavy (non-hydrogen) atoms. The van der Waals surface area contributed by atoms with Crippen molar-refractivity contribution in [2.75, 3.05) is 6.61 Å². The number of aliphatic hydroxyl groups is 3. The van der Waals surface area contributed by atoms with Gasteiger partial charge in [-0.15, -0.1) is 0 Å². The monoisotopic (exact) mass is 960 g/mol. The van der Waals surface area contributed by atoms with E-state index in [2.05, 4.69) is 31.3 Å². The van der Waals surface area contributed by atoms with Crippen LogP contribution in [0, 0.1) is 0 Å². The lowest BCUT2D eigenvalue weighted by Gasteiger charge is -2.23. The van der Waals surface area contributed by atoms with Crippen molar-refractivity contribution in [1.29, 1.82) is 0 Å². The lowest BCUT2D eigenvalue weighted by atomic mass is 10.0. The number of carbonyl (C=O) groups is 1. The molecule has 0 spiro atoms. The molecule has 0 aromatic rings. The van der Waals surface area contributed by atoms with Crippen LogP contribution < -0.4 is 5.32 Å². The van der Waals surface area contributed by atoms with Crippen molar-refractivity contribution < 1.29 is 20.1 Å². The number of rotatable bonds is 59. The van der Waals surface area contributed by atoms with Crippen molar-refractivity contribution in [2.24, 2.45) is 0 Å². The van der Waals surface area contributed by atoms with Crippen molar-refractivity contribution in [3.8, 4) is 0 Å². The maximum Gasteiger partial charge on any atom is 0.249 e. The highest BCUT2D eigenvalue weighted by atomic mass is 16.3. The Hall–Kier alpha value is -0.910. The number of unbranched alkanes of at least 4 members (excludes halogenated alkanes) is 49. The van der Waals surface area contributed by atoms with Gasteiger partial charge in [-0.2, -0.15) is 0 Å². The van der Waals surface area contributed by atoms with Gasteiger partial charge >= 0.3 is 0 Å². The molecule has 0 aromatic carbocycles. The Bertz CT molecular complexity index is 971. The summed E-state index contributed by atoms with van der Waals surface area (Å²) in [5, 5.41) is 33.7. The van der Waals surface area contributed by atoms with Gasteiger partial charge < -0.3 is 20.6 Å². The van der Waals surface area contributed by atoms with Crippen LogP contribution in [0.4, 0.5) is 0 Å². The normalized spacial score (nSPS) is 13.2. The molecule has 0 heterocycles. The van der Waals surface area contributed by atoms with Crippen molar-refractivity contribution in [3.05, 3.63) is 12.2 Å². The highest BCUT2D eigenvalue weighted by molar-refractivity contribution is 5.80. The van der Waals surface area contributed by atoms with Gasteiger partial charge in [0.05, 0.1) is 18.8 Å². The Morgan fingerprint density at radius 1 is 0.338 bits per heavy atom. The first-order valence-corrected chi connectivity index (χ1v) is 31.5. The summed E-state index contributed by atoms with van der Waals surface area (Å²) in [5.41, 5.74) is 0. The molecule has 1 amide bonds. The number of carbonyl (C=O) groups excluding carboxylic acids is 1. The summed E-state index contributed by atoms with van der Waals surface area (Å²) in [7, 11) is 0. The number of aliphatic hydroxyl groups excluding tert-OH is 3. The van der Waals surface area contributed by atoms with E-state index in [0.717, 1.165) is 32.1 Å². The smallest absolute Gasteiger partial charge is 0.249 e. The minimum absolute atomic E-state index is 0.309. The first-order valence-electron chi connectivity index (χ1n) is 31.5. The van der Waals surface area contributed by atoms with Crippen LogP contribution in [-0.2, 0) is 4.79 Å². The summed E-state index contributed by atoms with van der Waals surface area (Å²) in [6, 6.07) is -0.710. The maximum atomic E-state index is 12.6. The number of amides is 1. The Morgan fingerprint density at radius 2 is 0.559 bits per heavy atom. The van der Waals surface area contributed by atoms with Gasteiger partial charge in [0.25, 0.3) is 0 Å². The molecule has 0 aliphatic carbocycles. The van der Waals surface area contributed by atoms with Crippen molar-refractivity contribution >= 4 is 5.91 Å². The van der Waals surface area contributed by atoms with E-state index >= 15 is 0 Å². The molecule has 0 aromatic heterocycles. The fourth-order valence-corrected chi connectivity index (χ4v) is 10.3. The topological polar surface area (TPSA) is 89.8 Å². The fraction of sp³-hybridized carbons (Fsp3) is 0.952. The Balaban J connectivity index is 3.48. The number of hydrogen-bond donors (Lipinski definition) is 4. The minimum atomic E-state index is -1.07. The molecule has 0 saturated heterocycles. The highest BCUT2D eigenvalue weighted by Crippen LogP contribution is 2.19. The molecular weight excluding hydrogens is 835 g/mol. The van der Waals surface area contributed by atoms with Crippen LogP contribution in [0.3, 0.4) is 0 Å². The van der Waals surface area contributed by atoms with Gasteiger partial charge in [-0.05, 0) is 38.5 Å². The van der Waals surface area contributed by atoms with Gasteiger partial charge in [0.2, 0.25) is 5.91 Å².